The summed E-state index contributed by atoms with van der Waals surface area (Å²) in [6.45, 7) is 4.11. The van der Waals surface area contributed by atoms with Crippen LogP contribution in [0.25, 0.3) is 0 Å². The van der Waals surface area contributed by atoms with Gasteiger partial charge in [0.05, 0.1) is 16.6 Å². The monoisotopic (exact) mass is 258 g/mol. The van der Waals surface area contributed by atoms with Gasteiger partial charge in [-0.2, -0.15) is 0 Å². The highest BCUT2D eigenvalue weighted by Gasteiger charge is 2.13. The maximum absolute atomic E-state index is 10.8. The van der Waals surface area contributed by atoms with Gasteiger partial charge in [0, 0.05) is 5.56 Å². The van der Waals surface area contributed by atoms with Crippen LogP contribution in [-0.4, -0.2) is 17.7 Å². The molecule has 0 amide bonds. The maximum Gasteiger partial charge on any atom is 0.336 e. The van der Waals surface area contributed by atoms with Crippen LogP contribution in [0.3, 0.4) is 0 Å². The topological polar surface area (TPSA) is 46.5 Å². The average Bonchev–Trinajstić information content (AvgIpc) is 2.11. The first-order valence-electron chi connectivity index (χ1n) is 4.23. The lowest BCUT2D eigenvalue weighted by Crippen LogP contribution is -2.03. The van der Waals surface area contributed by atoms with E-state index >= 15 is 0 Å². The molecular formula is C10H11BrO3. The third-order valence-electron chi connectivity index (χ3n) is 1.88. The van der Waals surface area contributed by atoms with Crippen molar-refractivity contribution in [1.82, 2.24) is 0 Å². The van der Waals surface area contributed by atoms with Gasteiger partial charge in [0.25, 0.3) is 0 Å². The van der Waals surface area contributed by atoms with Crippen LogP contribution in [0.5, 0.6) is 5.75 Å². The van der Waals surface area contributed by atoms with Crippen molar-refractivity contribution < 1.29 is 14.6 Å². The highest BCUT2D eigenvalue weighted by atomic mass is 79.9. The van der Waals surface area contributed by atoms with E-state index in [0.29, 0.717) is 17.9 Å². The Bertz CT molecular complexity index is 361. The van der Waals surface area contributed by atoms with Crippen LogP contribution in [-0.2, 0) is 0 Å². The molecule has 0 spiro atoms. The first-order valence-corrected chi connectivity index (χ1v) is 5.02. The predicted molar refractivity (Wildman–Crippen MR) is 57.0 cm³/mol. The summed E-state index contributed by atoms with van der Waals surface area (Å²) in [6.07, 6.45) is 0. The zero-order valence-electron chi connectivity index (χ0n) is 8.00. The van der Waals surface area contributed by atoms with Gasteiger partial charge in [-0.3, -0.25) is 0 Å². The average molecular weight is 259 g/mol. The summed E-state index contributed by atoms with van der Waals surface area (Å²) in [4.78, 5) is 10.8. The van der Waals surface area contributed by atoms with E-state index < -0.39 is 5.97 Å². The van der Waals surface area contributed by atoms with Crippen LogP contribution in [0.1, 0.15) is 22.8 Å². The first kappa shape index (κ1) is 11.0. The molecular weight excluding hydrogens is 248 g/mol. The number of rotatable bonds is 3. The van der Waals surface area contributed by atoms with Crippen LogP contribution in [0.2, 0.25) is 0 Å². The molecule has 0 saturated heterocycles. The van der Waals surface area contributed by atoms with E-state index in [2.05, 4.69) is 15.9 Å². The molecule has 0 aliphatic heterocycles. The Labute approximate surface area is 90.8 Å². The van der Waals surface area contributed by atoms with Crippen LogP contribution in [0.4, 0.5) is 0 Å². The molecule has 4 heteroatoms. The molecule has 0 bridgehead atoms. The Balaban J connectivity index is 3.26. The molecule has 0 aliphatic carbocycles. The summed E-state index contributed by atoms with van der Waals surface area (Å²) in [5, 5.41) is 8.88. The minimum absolute atomic E-state index is 0.275. The largest absolute Gasteiger partial charge is 0.492 e. The van der Waals surface area contributed by atoms with Crippen molar-refractivity contribution in [3.63, 3.8) is 0 Å². The van der Waals surface area contributed by atoms with Crippen LogP contribution in [0, 0.1) is 6.92 Å². The first-order chi connectivity index (χ1) is 6.57. The standard InChI is InChI=1S/C10H11BrO3/c1-3-14-9-6(2)7(10(12)13)4-5-8(9)11/h4-5H,3H2,1-2H3,(H,12,13). The van der Waals surface area contributed by atoms with Crippen molar-refractivity contribution in [2.45, 2.75) is 13.8 Å². The minimum atomic E-state index is -0.934. The van der Waals surface area contributed by atoms with Gasteiger partial charge >= 0.3 is 5.97 Å². The number of ether oxygens (including phenoxy) is 1. The molecule has 1 rings (SSSR count). The summed E-state index contributed by atoms with van der Waals surface area (Å²) in [5.41, 5.74) is 0.922. The van der Waals surface area contributed by atoms with Gasteiger partial charge in [0.2, 0.25) is 0 Å². The summed E-state index contributed by atoms with van der Waals surface area (Å²) in [5.74, 6) is -0.330. The second-order valence-electron chi connectivity index (χ2n) is 2.79. The van der Waals surface area contributed by atoms with Gasteiger partial charge in [0.1, 0.15) is 5.75 Å². The number of carboxylic acid groups (broad SMARTS) is 1. The smallest absolute Gasteiger partial charge is 0.336 e. The number of carbonyl (C=O) groups is 1. The lowest BCUT2D eigenvalue weighted by atomic mass is 10.1. The number of hydrogen-bond acceptors (Lipinski definition) is 2. The quantitative estimate of drug-likeness (QED) is 0.907. The van der Waals surface area contributed by atoms with Gasteiger partial charge in [-0.1, -0.05) is 0 Å². The Morgan fingerprint density at radius 1 is 1.57 bits per heavy atom. The second kappa shape index (κ2) is 4.46. The fraction of sp³-hybridized carbons (Fsp3) is 0.300. The molecule has 0 unspecified atom stereocenters. The maximum atomic E-state index is 10.8. The lowest BCUT2D eigenvalue weighted by Gasteiger charge is -2.11. The normalized spacial score (nSPS) is 9.93. The van der Waals surface area contributed by atoms with Crippen LogP contribution < -0.4 is 4.74 Å². The predicted octanol–water partition coefficient (Wildman–Crippen LogP) is 2.85. The molecule has 0 aliphatic rings. The molecule has 3 nitrogen and oxygen atoms in total. The van der Waals surface area contributed by atoms with Crippen molar-refractivity contribution in [3.05, 3.63) is 27.7 Å². The molecule has 14 heavy (non-hydrogen) atoms. The minimum Gasteiger partial charge on any atom is -0.492 e. The summed E-state index contributed by atoms with van der Waals surface area (Å²) in [6, 6.07) is 3.24. The highest BCUT2D eigenvalue weighted by molar-refractivity contribution is 9.10. The summed E-state index contributed by atoms with van der Waals surface area (Å²) >= 11 is 3.31. The van der Waals surface area contributed by atoms with E-state index in [1.165, 1.54) is 0 Å². The highest BCUT2D eigenvalue weighted by Crippen LogP contribution is 2.31. The molecule has 0 atom stereocenters. The Hall–Kier alpha value is -1.03. The van der Waals surface area contributed by atoms with Crippen molar-refractivity contribution in [1.29, 1.82) is 0 Å². The van der Waals surface area contributed by atoms with Crippen molar-refractivity contribution >= 4 is 21.9 Å². The Morgan fingerprint density at radius 2 is 2.21 bits per heavy atom. The molecule has 0 radical (unpaired) electrons. The SMILES string of the molecule is CCOc1c(Br)ccc(C(=O)O)c1C. The number of aromatic carboxylic acids is 1. The third-order valence-corrected chi connectivity index (χ3v) is 2.50. The molecule has 76 valence electrons. The Morgan fingerprint density at radius 3 is 2.71 bits per heavy atom. The van der Waals surface area contributed by atoms with Crippen molar-refractivity contribution in [3.8, 4) is 5.75 Å². The van der Waals surface area contributed by atoms with E-state index in [4.69, 9.17) is 9.84 Å². The van der Waals surface area contributed by atoms with Gasteiger partial charge in [-0.05, 0) is 41.9 Å². The van der Waals surface area contributed by atoms with Gasteiger partial charge in [-0.25, -0.2) is 4.79 Å². The second-order valence-corrected chi connectivity index (χ2v) is 3.64. The lowest BCUT2D eigenvalue weighted by molar-refractivity contribution is 0.0695. The van der Waals surface area contributed by atoms with Crippen LogP contribution in [0.15, 0.2) is 16.6 Å². The van der Waals surface area contributed by atoms with E-state index in [9.17, 15) is 4.79 Å². The number of hydrogen-bond donors (Lipinski definition) is 1. The summed E-state index contributed by atoms with van der Waals surface area (Å²) in [7, 11) is 0. The number of carboxylic acids is 1. The Kier molecular flexibility index (Phi) is 3.52. The van der Waals surface area contributed by atoms with Gasteiger partial charge < -0.3 is 9.84 Å². The van der Waals surface area contributed by atoms with Crippen LogP contribution >= 0.6 is 15.9 Å². The molecule has 0 fully saturated rings. The van der Waals surface area contributed by atoms with Gasteiger partial charge in [-0.15, -0.1) is 0 Å². The molecule has 1 aromatic rings. The van der Waals surface area contributed by atoms with Crippen molar-refractivity contribution in [2.24, 2.45) is 0 Å². The molecule has 1 N–H and O–H groups in total. The zero-order valence-corrected chi connectivity index (χ0v) is 9.59. The van der Waals surface area contributed by atoms with E-state index in [0.717, 1.165) is 4.47 Å². The van der Waals surface area contributed by atoms with Gasteiger partial charge in [0.15, 0.2) is 0 Å². The van der Waals surface area contributed by atoms with E-state index in [1.54, 1.807) is 19.1 Å². The summed E-state index contributed by atoms with van der Waals surface area (Å²) < 4.78 is 6.13. The number of benzene rings is 1. The number of halogens is 1. The third kappa shape index (κ3) is 2.07. The zero-order chi connectivity index (χ0) is 10.7. The molecule has 0 saturated carbocycles. The fourth-order valence-electron chi connectivity index (χ4n) is 1.21. The fourth-order valence-corrected chi connectivity index (χ4v) is 1.76. The molecule has 1 aromatic carbocycles. The van der Waals surface area contributed by atoms with E-state index in [-0.39, 0.29) is 5.56 Å². The van der Waals surface area contributed by atoms with Crippen molar-refractivity contribution in [2.75, 3.05) is 6.61 Å². The molecule has 0 heterocycles. The van der Waals surface area contributed by atoms with E-state index in [1.807, 2.05) is 6.92 Å². The molecule has 0 aromatic heterocycles.